The van der Waals surface area contributed by atoms with E-state index in [-0.39, 0.29) is 11.7 Å². The molecule has 0 bridgehead atoms. The average molecular weight is 404 g/mol. The van der Waals surface area contributed by atoms with Gasteiger partial charge >= 0.3 is 0 Å². The molecule has 3 aromatic carbocycles. The molecule has 0 aliphatic carbocycles. The van der Waals surface area contributed by atoms with Crippen LogP contribution in [0.25, 0.3) is 0 Å². The highest BCUT2D eigenvalue weighted by molar-refractivity contribution is 6.02. The number of carbonyl (C=O) groups excluding carboxylic acids is 1. The molecular formula is C24H24N2O4. The maximum absolute atomic E-state index is 12.3. The SMILES string of the molecule is CCOc1ccc(OCc2ccc(C(=O)N/N=C(\C)c3ccccc3O)cc2)cc1. The summed E-state index contributed by atoms with van der Waals surface area (Å²) in [6.45, 7) is 4.67. The molecule has 0 aromatic heterocycles. The number of para-hydroxylation sites is 1. The molecule has 0 saturated carbocycles. The van der Waals surface area contributed by atoms with Crippen LogP contribution in [0.2, 0.25) is 0 Å². The Balaban J connectivity index is 1.55. The number of hydrazone groups is 1. The van der Waals surface area contributed by atoms with Gasteiger partial charge in [-0.05, 0) is 67.9 Å². The Morgan fingerprint density at radius 2 is 1.57 bits per heavy atom. The molecule has 3 aromatic rings. The van der Waals surface area contributed by atoms with Crippen molar-refractivity contribution in [3.63, 3.8) is 0 Å². The van der Waals surface area contributed by atoms with Gasteiger partial charge in [-0.2, -0.15) is 5.10 Å². The van der Waals surface area contributed by atoms with Crippen molar-refractivity contribution in [3.8, 4) is 17.2 Å². The van der Waals surface area contributed by atoms with Crippen molar-refractivity contribution in [3.05, 3.63) is 89.5 Å². The summed E-state index contributed by atoms with van der Waals surface area (Å²) in [6.07, 6.45) is 0. The van der Waals surface area contributed by atoms with Gasteiger partial charge in [0, 0.05) is 11.1 Å². The summed E-state index contributed by atoms with van der Waals surface area (Å²) in [4.78, 5) is 12.3. The van der Waals surface area contributed by atoms with Crippen LogP contribution in [0.3, 0.4) is 0 Å². The van der Waals surface area contributed by atoms with E-state index < -0.39 is 0 Å². The molecule has 2 N–H and O–H groups in total. The fourth-order valence-electron chi connectivity index (χ4n) is 2.76. The first-order valence-corrected chi connectivity index (χ1v) is 9.64. The Hall–Kier alpha value is -3.80. The molecule has 30 heavy (non-hydrogen) atoms. The molecule has 0 atom stereocenters. The number of carbonyl (C=O) groups is 1. The number of nitrogens with one attached hydrogen (secondary N) is 1. The van der Waals surface area contributed by atoms with E-state index in [0.717, 1.165) is 17.1 Å². The molecule has 6 heteroatoms. The zero-order chi connectivity index (χ0) is 21.3. The van der Waals surface area contributed by atoms with Gasteiger partial charge in [0.1, 0.15) is 23.9 Å². The van der Waals surface area contributed by atoms with Crippen molar-refractivity contribution in [1.29, 1.82) is 0 Å². The predicted octanol–water partition coefficient (Wildman–Crippen LogP) is 4.52. The van der Waals surface area contributed by atoms with Gasteiger partial charge in [0.15, 0.2) is 0 Å². The fraction of sp³-hybridized carbons (Fsp3) is 0.167. The number of ether oxygens (including phenoxy) is 2. The minimum Gasteiger partial charge on any atom is -0.507 e. The molecule has 0 aliphatic rings. The molecule has 3 rings (SSSR count). The fourth-order valence-corrected chi connectivity index (χ4v) is 2.76. The molecule has 0 spiro atoms. The minimum absolute atomic E-state index is 0.116. The van der Waals surface area contributed by atoms with E-state index in [2.05, 4.69) is 10.5 Å². The van der Waals surface area contributed by atoms with Crippen LogP contribution in [0.15, 0.2) is 77.9 Å². The van der Waals surface area contributed by atoms with Crippen LogP contribution in [-0.4, -0.2) is 23.3 Å². The molecule has 154 valence electrons. The molecule has 0 heterocycles. The normalized spacial score (nSPS) is 11.1. The molecule has 6 nitrogen and oxygen atoms in total. The highest BCUT2D eigenvalue weighted by Gasteiger charge is 2.07. The lowest BCUT2D eigenvalue weighted by Gasteiger charge is -2.08. The topological polar surface area (TPSA) is 80.2 Å². The summed E-state index contributed by atoms with van der Waals surface area (Å²) in [6, 6.07) is 21.4. The van der Waals surface area contributed by atoms with Gasteiger partial charge in [-0.3, -0.25) is 4.79 Å². The van der Waals surface area contributed by atoms with Gasteiger partial charge in [-0.1, -0.05) is 24.3 Å². The van der Waals surface area contributed by atoms with Crippen LogP contribution in [0.4, 0.5) is 0 Å². The Bertz CT molecular complexity index is 1010. The molecule has 0 unspecified atom stereocenters. The minimum atomic E-state index is -0.330. The van der Waals surface area contributed by atoms with Gasteiger partial charge in [0.25, 0.3) is 5.91 Å². The smallest absolute Gasteiger partial charge is 0.271 e. The summed E-state index contributed by atoms with van der Waals surface area (Å²) in [5.41, 5.74) is 5.02. The van der Waals surface area contributed by atoms with E-state index in [9.17, 15) is 9.90 Å². The van der Waals surface area contributed by atoms with Crippen LogP contribution >= 0.6 is 0 Å². The second-order valence-corrected chi connectivity index (χ2v) is 6.55. The molecule has 0 saturated heterocycles. The number of nitrogens with zero attached hydrogens (tertiary/aromatic N) is 1. The number of phenols is 1. The lowest BCUT2D eigenvalue weighted by molar-refractivity contribution is 0.0954. The Kier molecular flexibility index (Phi) is 7.05. The summed E-state index contributed by atoms with van der Waals surface area (Å²) in [5.74, 6) is 1.34. The Morgan fingerprint density at radius 1 is 0.933 bits per heavy atom. The average Bonchev–Trinajstić information content (AvgIpc) is 2.77. The maximum Gasteiger partial charge on any atom is 0.271 e. The summed E-state index contributed by atoms with van der Waals surface area (Å²) in [7, 11) is 0. The third-order valence-electron chi connectivity index (χ3n) is 4.38. The third-order valence-corrected chi connectivity index (χ3v) is 4.38. The van der Waals surface area contributed by atoms with Gasteiger partial charge < -0.3 is 14.6 Å². The summed E-state index contributed by atoms with van der Waals surface area (Å²) >= 11 is 0. The number of benzene rings is 3. The van der Waals surface area contributed by atoms with E-state index >= 15 is 0 Å². The van der Waals surface area contributed by atoms with E-state index in [0.29, 0.717) is 30.1 Å². The first-order chi connectivity index (χ1) is 14.6. The number of rotatable bonds is 8. The monoisotopic (exact) mass is 404 g/mol. The molecule has 0 fully saturated rings. The zero-order valence-corrected chi connectivity index (χ0v) is 17.0. The van der Waals surface area contributed by atoms with Gasteiger partial charge in [-0.25, -0.2) is 5.43 Å². The number of amides is 1. The predicted molar refractivity (Wildman–Crippen MR) is 116 cm³/mol. The molecular weight excluding hydrogens is 380 g/mol. The largest absolute Gasteiger partial charge is 0.507 e. The van der Waals surface area contributed by atoms with Gasteiger partial charge in [0.05, 0.1) is 12.3 Å². The van der Waals surface area contributed by atoms with Crippen molar-refractivity contribution in [2.75, 3.05) is 6.61 Å². The van der Waals surface area contributed by atoms with Crippen LogP contribution in [-0.2, 0) is 6.61 Å². The quantitative estimate of drug-likeness (QED) is 0.427. The Labute approximate surface area is 175 Å². The van der Waals surface area contributed by atoms with Crippen molar-refractivity contribution >= 4 is 11.6 Å². The second kappa shape index (κ2) is 10.1. The number of aromatic hydroxyl groups is 1. The van der Waals surface area contributed by atoms with Crippen molar-refractivity contribution < 1.29 is 19.4 Å². The Morgan fingerprint density at radius 3 is 2.20 bits per heavy atom. The zero-order valence-electron chi connectivity index (χ0n) is 17.0. The van der Waals surface area contributed by atoms with Crippen molar-refractivity contribution in [1.82, 2.24) is 5.43 Å². The van der Waals surface area contributed by atoms with E-state index in [1.165, 1.54) is 0 Å². The third kappa shape index (κ3) is 5.61. The lowest BCUT2D eigenvalue weighted by atomic mass is 10.1. The molecule has 1 amide bonds. The van der Waals surface area contributed by atoms with Crippen LogP contribution < -0.4 is 14.9 Å². The van der Waals surface area contributed by atoms with Crippen LogP contribution in [0.1, 0.15) is 35.3 Å². The van der Waals surface area contributed by atoms with E-state index in [1.807, 2.05) is 43.3 Å². The molecule has 0 aliphatic heterocycles. The first kappa shape index (κ1) is 20.9. The van der Waals surface area contributed by atoms with Crippen LogP contribution in [0.5, 0.6) is 17.2 Å². The van der Waals surface area contributed by atoms with E-state index in [1.54, 1.807) is 43.3 Å². The standard InChI is InChI=1S/C24H24N2O4/c1-3-29-20-12-14-21(15-13-20)30-16-18-8-10-19(11-9-18)24(28)26-25-17(2)22-6-4-5-7-23(22)27/h4-15,27H,3,16H2,1-2H3,(H,26,28)/b25-17+. The highest BCUT2D eigenvalue weighted by Crippen LogP contribution is 2.19. The van der Waals surface area contributed by atoms with Crippen molar-refractivity contribution in [2.45, 2.75) is 20.5 Å². The van der Waals surface area contributed by atoms with E-state index in [4.69, 9.17) is 9.47 Å². The van der Waals surface area contributed by atoms with Gasteiger partial charge in [0.2, 0.25) is 0 Å². The lowest BCUT2D eigenvalue weighted by Crippen LogP contribution is -2.19. The van der Waals surface area contributed by atoms with Crippen LogP contribution in [0, 0.1) is 0 Å². The van der Waals surface area contributed by atoms with Gasteiger partial charge in [-0.15, -0.1) is 0 Å². The maximum atomic E-state index is 12.3. The number of hydrogen-bond donors (Lipinski definition) is 2. The second-order valence-electron chi connectivity index (χ2n) is 6.55. The van der Waals surface area contributed by atoms with Crippen molar-refractivity contribution in [2.24, 2.45) is 5.10 Å². The number of hydrogen-bond acceptors (Lipinski definition) is 5. The summed E-state index contributed by atoms with van der Waals surface area (Å²) in [5, 5.41) is 13.9. The first-order valence-electron chi connectivity index (χ1n) is 9.64. The highest BCUT2D eigenvalue weighted by atomic mass is 16.5. The number of phenolic OH excluding ortho intramolecular Hbond substituents is 1. The molecule has 0 radical (unpaired) electrons. The summed E-state index contributed by atoms with van der Waals surface area (Å²) < 4.78 is 11.2.